The standard InChI is InChI=1S/C14H17Cl2NO2/c1-2-14(13(18)19)7-4-8-17(14)9-10-11(15)5-3-6-12(10)16/h3,5-6H,2,4,7-9H2,1H3,(H,18,19). The zero-order chi connectivity index (χ0) is 14.0. The molecule has 1 saturated heterocycles. The van der Waals surface area contributed by atoms with Gasteiger partial charge in [0.25, 0.3) is 0 Å². The monoisotopic (exact) mass is 301 g/mol. The number of rotatable bonds is 4. The van der Waals surface area contributed by atoms with Crippen LogP contribution in [0.2, 0.25) is 10.0 Å². The Labute approximate surface area is 123 Å². The summed E-state index contributed by atoms with van der Waals surface area (Å²) in [6.45, 7) is 3.17. The SMILES string of the molecule is CCC1(C(=O)O)CCCN1Cc1c(Cl)cccc1Cl. The topological polar surface area (TPSA) is 40.5 Å². The summed E-state index contributed by atoms with van der Waals surface area (Å²) >= 11 is 12.3. The lowest BCUT2D eigenvalue weighted by molar-refractivity contribution is -0.150. The Morgan fingerprint density at radius 2 is 2.05 bits per heavy atom. The molecule has 0 aliphatic carbocycles. The third-order valence-corrected chi connectivity index (χ3v) is 4.73. The maximum atomic E-state index is 11.6. The number of likely N-dealkylation sites (tertiary alicyclic amines) is 1. The van der Waals surface area contributed by atoms with E-state index in [1.807, 2.05) is 11.8 Å². The number of benzene rings is 1. The van der Waals surface area contributed by atoms with Crippen molar-refractivity contribution >= 4 is 29.2 Å². The number of hydrogen-bond donors (Lipinski definition) is 1. The van der Waals surface area contributed by atoms with E-state index in [1.165, 1.54) is 0 Å². The Kier molecular flexibility index (Phi) is 4.39. The van der Waals surface area contributed by atoms with Crippen LogP contribution in [0.1, 0.15) is 31.7 Å². The van der Waals surface area contributed by atoms with Crippen molar-refractivity contribution in [2.75, 3.05) is 6.54 Å². The van der Waals surface area contributed by atoms with Gasteiger partial charge >= 0.3 is 5.97 Å². The van der Waals surface area contributed by atoms with Gasteiger partial charge in [0, 0.05) is 22.2 Å². The second kappa shape index (κ2) is 5.70. The van der Waals surface area contributed by atoms with Crippen LogP contribution in [0.5, 0.6) is 0 Å². The van der Waals surface area contributed by atoms with Gasteiger partial charge < -0.3 is 5.11 Å². The first kappa shape index (κ1) is 14.6. The molecule has 104 valence electrons. The Hall–Kier alpha value is -0.770. The number of halogens is 2. The summed E-state index contributed by atoms with van der Waals surface area (Å²) in [7, 11) is 0. The van der Waals surface area contributed by atoms with Gasteiger partial charge in [-0.1, -0.05) is 36.2 Å². The van der Waals surface area contributed by atoms with Gasteiger partial charge in [0.05, 0.1) is 0 Å². The van der Waals surface area contributed by atoms with E-state index in [0.717, 1.165) is 18.5 Å². The lowest BCUT2D eigenvalue weighted by atomic mass is 9.92. The van der Waals surface area contributed by atoms with E-state index in [0.29, 0.717) is 29.4 Å². The van der Waals surface area contributed by atoms with Gasteiger partial charge in [-0.15, -0.1) is 0 Å². The zero-order valence-corrected chi connectivity index (χ0v) is 12.3. The minimum atomic E-state index is -0.775. The van der Waals surface area contributed by atoms with E-state index in [2.05, 4.69) is 0 Å². The normalized spacial score (nSPS) is 23.7. The average molecular weight is 302 g/mol. The molecular weight excluding hydrogens is 285 g/mol. The van der Waals surface area contributed by atoms with Crippen LogP contribution in [-0.4, -0.2) is 28.1 Å². The average Bonchev–Trinajstić information content (AvgIpc) is 2.78. The summed E-state index contributed by atoms with van der Waals surface area (Å²) in [6.07, 6.45) is 2.16. The number of carbonyl (C=O) groups is 1. The summed E-state index contributed by atoms with van der Waals surface area (Å²) in [5, 5.41) is 10.7. The first-order chi connectivity index (χ1) is 9.01. The summed E-state index contributed by atoms with van der Waals surface area (Å²) in [5.41, 5.74) is 0.0366. The first-order valence-corrected chi connectivity index (χ1v) is 7.18. The van der Waals surface area contributed by atoms with E-state index in [-0.39, 0.29) is 0 Å². The van der Waals surface area contributed by atoms with Crippen LogP contribution >= 0.6 is 23.2 Å². The molecule has 0 amide bonds. The third-order valence-electron chi connectivity index (χ3n) is 4.02. The van der Waals surface area contributed by atoms with Gasteiger partial charge in [-0.2, -0.15) is 0 Å². The van der Waals surface area contributed by atoms with E-state index in [1.54, 1.807) is 18.2 Å². The Morgan fingerprint density at radius 1 is 1.42 bits per heavy atom. The van der Waals surface area contributed by atoms with Crippen molar-refractivity contribution in [3.8, 4) is 0 Å². The highest BCUT2D eigenvalue weighted by Crippen LogP contribution is 2.36. The zero-order valence-electron chi connectivity index (χ0n) is 10.8. The highest BCUT2D eigenvalue weighted by Gasteiger charge is 2.46. The van der Waals surface area contributed by atoms with Crippen LogP contribution in [-0.2, 0) is 11.3 Å². The predicted octanol–water partition coefficient (Wildman–Crippen LogP) is 3.82. The van der Waals surface area contributed by atoms with Crippen molar-refractivity contribution in [2.24, 2.45) is 0 Å². The molecule has 0 spiro atoms. The van der Waals surface area contributed by atoms with Crippen molar-refractivity contribution in [1.29, 1.82) is 0 Å². The van der Waals surface area contributed by atoms with Crippen LogP contribution in [0.25, 0.3) is 0 Å². The van der Waals surface area contributed by atoms with Crippen molar-refractivity contribution < 1.29 is 9.90 Å². The minimum Gasteiger partial charge on any atom is -0.480 e. The fourth-order valence-corrected chi connectivity index (χ4v) is 3.35. The summed E-state index contributed by atoms with van der Waals surface area (Å²) in [6, 6.07) is 5.36. The third kappa shape index (κ3) is 2.60. The molecular formula is C14H17Cl2NO2. The molecule has 1 aliphatic heterocycles. The van der Waals surface area contributed by atoms with Gasteiger partial charge in [-0.05, 0) is 37.9 Å². The maximum absolute atomic E-state index is 11.6. The quantitative estimate of drug-likeness (QED) is 0.919. The van der Waals surface area contributed by atoms with Crippen LogP contribution < -0.4 is 0 Å². The molecule has 0 saturated carbocycles. The molecule has 0 aromatic heterocycles. The maximum Gasteiger partial charge on any atom is 0.324 e. The molecule has 1 heterocycles. The van der Waals surface area contributed by atoms with Gasteiger partial charge in [-0.25, -0.2) is 0 Å². The summed E-state index contributed by atoms with van der Waals surface area (Å²) in [5.74, 6) is -0.754. The van der Waals surface area contributed by atoms with Crippen molar-refractivity contribution in [1.82, 2.24) is 4.90 Å². The van der Waals surface area contributed by atoms with E-state index in [4.69, 9.17) is 23.2 Å². The fourth-order valence-electron chi connectivity index (χ4n) is 2.83. The van der Waals surface area contributed by atoms with Gasteiger partial charge in [0.2, 0.25) is 0 Å². The molecule has 5 heteroatoms. The number of nitrogens with zero attached hydrogens (tertiary/aromatic N) is 1. The smallest absolute Gasteiger partial charge is 0.324 e. The molecule has 1 aliphatic rings. The summed E-state index contributed by atoms with van der Waals surface area (Å²) < 4.78 is 0. The molecule has 2 rings (SSSR count). The lowest BCUT2D eigenvalue weighted by Crippen LogP contribution is -2.49. The van der Waals surface area contributed by atoms with Crippen LogP contribution in [0.15, 0.2) is 18.2 Å². The molecule has 19 heavy (non-hydrogen) atoms. The fraction of sp³-hybridized carbons (Fsp3) is 0.500. The molecule has 1 atom stereocenters. The van der Waals surface area contributed by atoms with Crippen LogP contribution in [0.3, 0.4) is 0 Å². The molecule has 1 fully saturated rings. The van der Waals surface area contributed by atoms with Crippen molar-refractivity contribution in [3.63, 3.8) is 0 Å². The second-order valence-corrected chi connectivity index (χ2v) is 5.73. The Bertz CT molecular complexity index is 472. The van der Waals surface area contributed by atoms with Crippen LogP contribution in [0, 0.1) is 0 Å². The number of carboxylic acids is 1. The predicted molar refractivity (Wildman–Crippen MR) is 76.8 cm³/mol. The highest BCUT2D eigenvalue weighted by molar-refractivity contribution is 6.35. The molecule has 3 nitrogen and oxygen atoms in total. The van der Waals surface area contributed by atoms with E-state index in [9.17, 15) is 9.90 Å². The molecule has 0 radical (unpaired) electrons. The van der Waals surface area contributed by atoms with Crippen molar-refractivity contribution in [3.05, 3.63) is 33.8 Å². The number of aliphatic carboxylic acids is 1. The van der Waals surface area contributed by atoms with E-state index < -0.39 is 11.5 Å². The largest absolute Gasteiger partial charge is 0.480 e. The molecule has 1 N–H and O–H groups in total. The first-order valence-electron chi connectivity index (χ1n) is 6.42. The molecule has 1 aromatic carbocycles. The minimum absolute atomic E-state index is 0.485. The van der Waals surface area contributed by atoms with Crippen LogP contribution in [0.4, 0.5) is 0 Å². The Balaban J connectivity index is 2.30. The number of carboxylic acid groups (broad SMARTS) is 1. The lowest BCUT2D eigenvalue weighted by Gasteiger charge is -2.34. The summed E-state index contributed by atoms with van der Waals surface area (Å²) in [4.78, 5) is 13.6. The molecule has 1 unspecified atom stereocenters. The second-order valence-electron chi connectivity index (χ2n) is 4.92. The van der Waals surface area contributed by atoms with Gasteiger partial charge in [0.15, 0.2) is 0 Å². The molecule has 1 aromatic rings. The molecule has 0 bridgehead atoms. The van der Waals surface area contributed by atoms with E-state index >= 15 is 0 Å². The van der Waals surface area contributed by atoms with Gasteiger partial charge in [0.1, 0.15) is 5.54 Å². The Morgan fingerprint density at radius 3 is 2.58 bits per heavy atom. The van der Waals surface area contributed by atoms with Gasteiger partial charge in [-0.3, -0.25) is 9.69 Å². The highest BCUT2D eigenvalue weighted by atomic mass is 35.5. The number of hydrogen-bond acceptors (Lipinski definition) is 2. The van der Waals surface area contributed by atoms with Crippen molar-refractivity contribution in [2.45, 2.75) is 38.3 Å².